The molecule has 1 aliphatic heterocycles. The third-order valence-electron chi connectivity index (χ3n) is 4.29. The molecule has 1 N–H and O–H groups in total. The third-order valence-corrected chi connectivity index (χ3v) is 4.96. The van der Waals surface area contributed by atoms with E-state index in [9.17, 15) is 4.79 Å². The fourth-order valence-corrected chi connectivity index (χ4v) is 3.50. The fraction of sp³-hybridized carbons (Fsp3) is 0.353. The molecule has 0 saturated heterocycles. The van der Waals surface area contributed by atoms with E-state index in [-0.39, 0.29) is 16.6 Å². The van der Waals surface area contributed by atoms with Gasteiger partial charge < -0.3 is 10.1 Å². The highest BCUT2D eigenvalue weighted by molar-refractivity contribution is 6.35. The van der Waals surface area contributed by atoms with E-state index in [1.54, 1.807) is 10.9 Å². The molecule has 9 heteroatoms. The minimum Gasteiger partial charge on any atom is -0.477 e. The number of rotatable bonds is 5. The molecule has 0 bridgehead atoms. The third kappa shape index (κ3) is 3.12. The predicted octanol–water partition coefficient (Wildman–Crippen LogP) is 3.14. The van der Waals surface area contributed by atoms with Gasteiger partial charge in [-0.05, 0) is 18.6 Å². The number of amides is 1. The van der Waals surface area contributed by atoms with E-state index in [1.165, 1.54) is 0 Å². The van der Waals surface area contributed by atoms with Crippen LogP contribution in [0.15, 0.2) is 24.4 Å². The van der Waals surface area contributed by atoms with Crippen molar-refractivity contribution in [2.24, 2.45) is 0 Å². The number of carbonyl (C=O) groups excluding carboxylic acids is 1. The molecule has 2 aromatic heterocycles. The Balaban J connectivity index is 1.35. The van der Waals surface area contributed by atoms with Gasteiger partial charge in [0.1, 0.15) is 5.02 Å². The number of nitrogens with one attached hydrogen (secondary N) is 1. The highest BCUT2D eigenvalue weighted by atomic mass is 35.5. The molecule has 3 heterocycles. The first-order chi connectivity index (χ1) is 12.6. The summed E-state index contributed by atoms with van der Waals surface area (Å²) >= 11 is 12.4. The molecule has 0 saturated carbocycles. The predicted molar refractivity (Wildman–Crippen MR) is 99.0 cm³/mol. The highest BCUT2D eigenvalue weighted by Gasteiger charge is 2.24. The van der Waals surface area contributed by atoms with E-state index >= 15 is 0 Å². The second-order valence-electron chi connectivity index (χ2n) is 6.04. The van der Waals surface area contributed by atoms with Gasteiger partial charge in [0.25, 0.3) is 5.91 Å². The number of carbonyl (C=O) groups is 1. The van der Waals surface area contributed by atoms with Crippen molar-refractivity contribution < 1.29 is 9.53 Å². The van der Waals surface area contributed by atoms with E-state index in [0.29, 0.717) is 37.1 Å². The molecule has 4 rings (SSSR count). The highest BCUT2D eigenvalue weighted by Crippen LogP contribution is 2.30. The topological polar surface area (TPSA) is 74.0 Å². The van der Waals surface area contributed by atoms with Gasteiger partial charge in [-0.25, -0.2) is 4.68 Å². The van der Waals surface area contributed by atoms with Crippen LogP contribution in [-0.2, 0) is 13.1 Å². The molecule has 1 aromatic carbocycles. The zero-order valence-electron chi connectivity index (χ0n) is 13.9. The molecule has 0 aliphatic carbocycles. The number of hydrogen-bond donors (Lipinski definition) is 1. The Labute approximate surface area is 159 Å². The second kappa shape index (κ2) is 7.17. The number of fused-ring (bicyclic) bond motifs is 2. The van der Waals surface area contributed by atoms with Crippen LogP contribution >= 0.6 is 23.2 Å². The first-order valence-corrected chi connectivity index (χ1v) is 9.18. The molecule has 1 aliphatic rings. The SMILES string of the molecule is O=C(NCCCn1ncc2c(Cl)cccc21)c1nn2c(c1Cl)OCCC2. The lowest BCUT2D eigenvalue weighted by molar-refractivity contribution is 0.0947. The molecular formula is C17H17Cl2N5O2. The van der Waals surface area contributed by atoms with Gasteiger partial charge >= 0.3 is 0 Å². The lowest BCUT2D eigenvalue weighted by atomic mass is 10.2. The molecule has 0 unspecified atom stereocenters. The minimum atomic E-state index is -0.297. The van der Waals surface area contributed by atoms with E-state index in [4.69, 9.17) is 27.9 Å². The fourth-order valence-electron chi connectivity index (χ4n) is 3.00. The minimum absolute atomic E-state index is 0.208. The Morgan fingerprint density at radius 1 is 1.35 bits per heavy atom. The van der Waals surface area contributed by atoms with Crippen molar-refractivity contribution in [1.82, 2.24) is 24.9 Å². The standard InChI is InChI=1S/C17H17Cl2N5O2/c18-12-4-1-5-13-11(12)10-21-23(13)7-2-6-20-16(25)15-14(19)17-24(22-15)8-3-9-26-17/h1,4-5,10H,2-3,6-9H2,(H,20,25). The average Bonchev–Trinajstić information content (AvgIpc) is 3.21. The van der Waals surface area contributed by atoms with Gasteiger partial charge in [0.05, 0.1) is 23.3 Å². The summed E-state index contributed by atoms with van der Waals surface area (Å²) in [6.45, 7) is 2.45. The maximum atomic E-state index is 12.3. The van der Waals surface area contributed by atoms with Crippen molar-refractivity contribution in [1.29, 1.82) is 0 Å². The summed E-state index contributed by atoms with van der Waals surface area (Å²) < 4.78 is 8.99. The van der Waals surface area contributed by atoms with Crippen molar-refractivity contribution in [3.63, 3.8) is 0 Å². The van der Waals surface area contributed by atoms with Crippen LogP contribution in [0, 0.1) is 0 Å². The molecule has 0 atom stereocenters. The first-order valence-electron chi connectivity index (χ1n) is 8.42. The van der Waals surface area contributed by atoms with Gasteiger partial charge in [0, 0.05) is 31.4 Å². The van der Waals surface area contributed by atoms with Crippen LogP contribution in [0.5, 0.6) is 5.88 Å². The Morgan fingerprint density at radius 2 is 2.23 bits per heavy atom. The molecular weight excluding hydrogens is 377 g/mol. The number of nitrogens with zero attached hydrogens (tertiary/aromatic N) is 4. The van der Waals surface area contributed by atoms with Crippen molar-refractivity contribution >= 4 is 40.0 Å². The van der Waals surface area contributed by atoms with E-state index in [1.807, 2.05) is 22.9 Å². The maximum Gasteiger partial charge on any atom is 0.273 e. The number of hydrogen-bond acceptors (Lipinski definition) is 4. The van der Waals surface area contributed by atoms with E-state index in [2.05, 4.69) is 15.5 Å². The number of benzene rings is 1. The Morgan fingerprint density at radius 3 is 3.08 bits per heavy atom. The van der Waals surface area contributed by atoms with Gasteiger partial charge in [0.15, 0.2) is 5.69 Å². The van der Waals surface area contributed by atoms with Gasteiger partial charge in [-0.2, -0.15) is 10.2 Å². The van der Waals surface area contributed by atoms with Crippen LogP contribution in [0.25, 0.3) is 10.9 Å². The average molecular weight is 394 g/mol. The summed E-state index contributed by atoms with van der Waals surface area (Å²) in [5.74, 6) is 0.178. The van der Waals surface area contributed by atoms with Crippen LogP contribution in [0.1, 0.15) is 23.3 Å². The maximum absolute atomic E-state index is 12.3. The molecule has 26 heavy (non-hydrogen) atoms. The van der Waals surface area contributed by atoms with Gasteiger partial charge in [-0.15, -0.1) is 0 Å². The molecule has 0 radical (unpaired) electrons. The number of ether oxygens (including phenoxy) is 1. The molecule has 0 fully saturated rings. The second-order valence-corrected chi connectivity index (χ2v) is 6.83. The largest absolute Gasteiger partial charge is 0.477 e. The van der Waals surface area contributed by atoms with Crippen molar-refractivity contribution in [3.8, 4) is 5.88 Å². The Hall–Kier alpha value is -2.25. The summed E-state index contributed by atoms with van der Waals surface area (Å²) in [6, 6.07) is 5.71. The summed E-state index contributed by atoms with van der Waals surface area (Å²) in [7, 11) is 0. The Kier molecular flexibility index (Phi) is 4.74. The lowest BCUT2D eigenvalue weighted by Crippen LogP contribution is -2.26. The molecule has 0 spiro atoms. The molecule has 1 amide bonds. The molecule has 7 nitrogen and oxygen atoms in total. The van der Waals surface area contributed by atoms with Crippen LogP contribution < -0.4 is 10.1 Å². The quantitative estimate of drug-likeness (QED) is 0.675. The summed E-state index contributed by atoms with van der Waals surface area (Å²) in [5.41, 5.74) is 1.19. The van der Waals surface area contributed by atoms with Crippen LogP contribution in [-0.4, -0.2) is 38.6 Å². The number of aromatic nitrogens is 4. The number of aryl methyl sites for hydroxylation is 2. The first kappa shape index (κ1) is 17.2. The van der Waals surface area contributed by atoms with Gasteiger partial charge in [-0.1, -0.05) is 29.3 Å². The lowest BCUT2D eigenvalue weighted by Gasteiger charge is -2.14. The zero-order chi connectivity index (χ0) is 18.1. The van der Waals surface area contributed by atoms with E-state index < -0.39 is 0 Å². The van der Waals surface area contributed by atoms with Crippen LogP contribution in [0.4, 0.5) is 0 Å². The monoisotopic (exact) mass is 393 g/mol. The number of halogens is 2. The zero-order valence-corrected chi connectivity index (χ0v) is 15.4. The van der Waals surface area contributed by atoms with Crippen LogP contribution in [0.2, 0.25) is 10.0 Å². The summed E-state index contributed by atoms with van der Waals surface area (Å²) in [4.78, 5) is 12.3. The van der Waals surface area contributed by atoms with Gasteiger partial charge in [0.2, 0.25) is 5.88 Å². The smallest absolute Gasteiger partial charge is 0.273 e. The summed E-state index contributed by atoms with van der Waals surface area (Å²) in [5, 5.41) is 13.3. The molecule has 136 valence electrons. The van der Waals surface area contributed by atoms with Gasteiger partial charge in [-0.3, -0.25) is 9.48 Å². The normalized spacial score (nSPS) is 13.5. The van der Waals surface area contributed by atoms with Crippen LogP contribution in [0.3, 0.4) is 0 Å². The van der Waals surface area contributed by atoms with E-state index in [0.717, 1.165) is 23.7 Å². The van der Waals surface area contributed by atoms with Crippen molar-refractivity contribution in [2.45, 2.75) is 25.9 Å². The summed E-state index contributed by atoms with van der Waals surface area (Å²) in [6.07, 6.45) is 3.33. The van der Waals surface area contributed by atoms with Crippen molar-refractivity contribution in [3.05, 3.63) is 40.1 Å². The molecule has 3 aromatic rings. The van der Waals surface area contributed by atoms with Crippen molar-refractivity contribution in [2.75, 3.05) is 13.2 Å². The Bertz CT molecular complexity index is 966.